The van der Waals surface area contributed by atoms with Crippen molar-refractivity contribution < 1.29 is 28.6 Å². The number of carbonyl (C=O) groups is 2. The van der Waals surface area contributed by atoms with Crippen LogP contribution in [0.15, 0.2) is 65.1 Å². The van der Waals surface area contributed by atoms with Crippen molar-refractivity contribution in [3.63, 3.8) is 0 Å². The van der Waals surface area contributed by atoms with Crippen LogP contribution in [0.25, 0.3) is 11.0 Å². The zero-order valence-electron chi connectivity index (χ0n) is 21.5. The highest BCUT2D eigenvalue weighted by Gasteiger charge is 2.27. The zero-order valence-corrected chi connectivity index (χ0v) is 21.5. The molecule has 10 nitrogen and oxygen atoms in total. The first kappa shape index (κ1) is 25.1. The molecule has 1 N–H and O–H groups in total. The molecule has 2 aromatic heterocycles. The molecule has 4 aromatic rings. The fraction of sp³-hybridized carbons (Fsp3) is 0.345. The van der Waals surface area contributed by atoms with Crippen LogP contribution in [0, 0.1) is 0 Å². The van der Waals surface area contributed by atoms with E-state index in [1.54, 1.807) is 30.3 Å². The predicted molar refractivity (Wildman–Crippen MR) is 142 cm³/mol. The average Bonchev–Trinajstić information content (AvgIpc) is 3.54. The van der Waals surface area contributed by atoms with Gasteiger partial charge in [0.1, 0.15) is 23.9 Å². The number of aromatic nitrogens is 2. The van der Waals surface area contributed by atoms with Crippen LogP contribution < -0.4 is 4.74 Å². The summed E-state index contributed by atoms with van der Waals surface area (Å²) >= 11 is 0. The number of piperazine rings is 1. The van der Waals surface area contributed by atoms with Gasteiger partial charge >= 0.3 is 5.97 Å². The molecule has 2 aliphatic rings. The van der Waals surface area contributed by atoms with Crippen LogP contribution in [0.3, 0.4) is 0 Å². The Hall–Kier alpha value is -4.15. The van der Waals surface area contributed by atoms with Crippen molar-refractivity contribution >= 4 is 22.9 Å². The number of nitrogens with zero attached hydrogens (tertiary/aromatic N) is 4. The van der Waals surface area contributed by atoms with Crippen molar-refractivity contribution in [1.82, 2.24) is 19.4 Å². The van der Waals surface area contributed by atoms with E-state index in [4.69, 9.17) is 18.9 Å². The van der Waals surface area contributed by atoms with Crippen LogP contribution in [-0.4, -0.2) is 75.2 Å². The van der Waals surface area contributed by atoms with E-state index < -0.39 is 5.97 Å². The van der Waals surface area contributed by atoms with Crippen molar-refractivity contribution in [2.45, 2.75) is 32.2 Å². The highest BCUT2D eigenvalue weighted by atomic mass is 16.5. The lowest BCUT2D eigenvalue weighted by Gasteiger charge is -2.34. The molecule has 0 spiro atoms. The van der Waals surface area contributed by atoms with Gasteiger partial charge in [-0.05, 0) is 48.9 Å². The van der Waals surface area contributed by atoms with Crippen LogP contribution in [0.1, 0.15) is 38.9 Å². The normalized spacial score (nSPS) is 17.7. The summed E-state index contributed by atoms with van der Waals surface area (Å²) in [5.41, 5.74) is 1.82. The molecule has 10 heteroatoms. The summed E-state index contributed by atoms with van der Waals surface area (Å²) in [6, 6.07) is 18.0. The third kappa shape index (κ3) is 5.52. The van der Waals surface area contributed by atoms with Crippen molar-refractivity contribution in [1.29, 1.82) is 0 Å². The lowest BCUT2D eigenvalue weighted by atomic mass is 10.1. The second-order valence-corrected chi connectivity index (χ2v) is 9.86. The number of hydrogen-bond acceptors (Lipinski definition) is 7. The van der Waals surface area contributed by atoms with Gasteiger partial charge in [-0.1, -0.05) is 18.2 Å². The van der Waals surface area contributed by atoms with Crippen LogP contribution in [0.2, 0.25) is 0 Å². The molecule has 6 rings (SSSR count). The number of hydrogen-bond donors (Lipinski definition) is 1. The SMILES string of the molecule is O=C(O)c1ccc2nc(CN3CCN(C(=O)c4ccc(COc5ccccc5)o4)CC3)n(C[C@@H]3CCO3)c2c1. The number of benzene rings is 2. The molecular weight excluding hydrogens is 500 g/mol. The molecule has 2 saturated heterocycles. The summed E-state index contributed by atoms with van der Waals surface area (Å²) in [7, 11) is 0. The number of carbonyl (C=O) groups excluding carboxylic acids is 1. The Kier molecular flexibility index (Phi) is 7.04. The quantitative estimate of drug-likeness (QED) is 0.349. The largest absolute Gasteiger partial charge is 0.486 e. The number of carboxylic acid groups (broad SMARTS) is 1. The Bertz CT molecular complexity index is 1470. The molecule has 202 valence electrons. The summed E-state index contributed by atoms with van der Waals surface area (Å²) in [5.74, 6) is 1.44. The van der Waals surface area contributed by atoms with Gasteiger partial charge in [0.25, 0.3) is 5.91 Å². The molecule has 0 saturated carbocycles. The fourth-order valence-corrected chi connectivity index (χ4v) is 4.97. The number of fused-ring (bicyclic) bond motifs is 1. The number of ether oxygens (including phenoxy) is 2. The smallest absolute Gasteiger partial charge is 0.335 e. The van der Waals surface area contributed by atoms with Crippen molar-refractivity contribution in [2.75, 3.05) is 32.8 Å². The Balaban J connectivity index is 1.08. The molecule has 0 aliphatic carbocycles. The van der Waals surface area contributed by atoms with Crippen molar-refractivity contribution in [3.05, 3.63) is 83.6 Å². The highest BCUT2D eigenvalue weighted by molar-refractivity contribution is 5.92. The van der Waals surface area contributed by atoms with E-state index in [0.29, 0.717) is 50.8 Å². The zero-order chi connectivity index (χ0) is 26.8. The Morgan fingerprint density at radius 2 is 1.82 bits per heavy atom. The third-order valence-electron chi connectivity index (χ3n) is 7.28. The lowest BCUT2D eigenvalue weighted by Crippen LogP contribution is -2.48. The molecule has 1 amide bonds. The monoisotopic (exact) mass is 530 g/mol. The average molecular weight is 531 g/mol. The molecule has 39 heavy (non-hydrogen) atoms. The first-order valence-electron chi connectivity index (χ1n) is 13.2. The van der Waals surface area contributed by atoms with E-state index in [2.05, 4.69) is 9.47 Å². The molecule has 0 unspecified atom stereocenters. The van der Waals surface area contributed by atoms with Gasteiger partial charge in [0.15, 0.2) is 5.76 Å². The minimum Gasteiger partial charge on any atom is -0.486 e. The van der Waals surface area contributed by atoms with Crippen LogP contribution >= 0.6 is 0 Å². The van der Waals surface area contributed by atoms with Gasteiger partial charge in [0, 0.05) is 32.8 Å². The van der Waals surface area contributed by atoms with Crippen molar-refractivity contribution in [3.8, 4) is 5.75 Å². The van der Waals surface area contributed by atoms with E-state index in [1.165, 1.54) is 0 Å². The third-order valence-corrected chi connectivity index (χ3v) is 7.28. The molecule has 2 aromatic carbocycles. The van der Waals surface area contributed by atoms with E-state index in [9.17, 15) is 14.7 Å². The maximum absolute atomic E-state index is 13.1. The fourth-order valence-electron chi connectivity index (χ4n) is 4.97. The number of imidazole rings is 1. The van der Waals surface area contributed by atoms with Gasteiger partial charge in [0.05, 0.1) is 35.8 Å². The first-order valence-corrected chi connectivity index (χ1v) is 13.2. The minimum atomic E-state index is -0.959. The summed E-state index contributed by atoms with van der Waals surface area (Å²) in [4.78, 5) is 33.5. The van der Waals surface area contributed by atoms with Gasteiger partial charge in [-0.2, -0.15) is 0 Å². The lowest BCUT2D eigenvalue weighted by molar-refractivity contribution is -0.0592. The summed E-state index contributed by atoms with van der Waals surface area (Å²) in [6.45, 7) is 4.79. The Morgan fingerprint density at radius 1 is 1.03 bits per heavy atom. The second-order valence-electron chi connectivity index (χ2n) is 9.86. The molecule has 1 atom stereocenters. The molecule has 2 aliphatic heterocycles. The van der Waals surface area contributed by atoms with E-state index in [-0.39, 0.29) is 24.2 Å². The Labute approximate surface area is 225 Å². The summed E-state index contributed by atoms with van der Waals surface area (Å²) in [5, 5.41) is 9.46. The maximum atomic E-state index is 13.1. The van der Waals surface area contributed by atoms with E-state index >= 15 is 0 Å². The predicted octanol–water partition coefficient (Wildman–Crippen LogP) is 3.65. The number of carboxylic acids is 1. The number of rotatable bonds is 9. The van der Waals surface area contributed by atoms with E-state index in [0.717, 1.165) is 35.6 Å². The number of aromatic carboxylic acids is 1. The number of amides is 1. The first-order chi connectivity index (χ1) is 19.0. The molecule has 0 radical (unpaired) electrons. The molecule has 0 bridgehead atoms. The number of furan rings is 1. The summed E-state index contributed by atoms with van der Waals surface area (Å²) in [6.07, 6.45) is 1.09. The maximum Gasteiger partial charge on any atom is 0.335 e. The van der Waals surface area contributed by atoms with Gasteiger partial charge in [-0.15, -0.1) is 0 Å². The van der Waals surface area contributed by atoms with Crippen LogP contribution in [0.4, 0.5) is 0 Å². The van der Waals surface area contributed by atoms with Crippen molar-refractivity contribution in [2.24, 2.45) is 0 Å². The van der Waals surface area contributed by atoms with Gasteiger partial charge in [0.2, 0.25) is 0 Å². The van der Waals surface area contributed by atoms with Gasteiger partial charge in [-0.25, -0.2) is 9.78 Å². The Morgan fingerprint density at radius 3 is 2.54 bits per heavy atom. The second kappa shape index (κ2) is 10.9. The topological polar surface area (TPSA) is 110 Å². The highest BCUT2D eigenvalue weighted by Crippen LogP contribution is 2.24. The molecular formula is C29H30N4O6. The molecule has 4 heterocycles. The van der Waals surface area contributed by atoms with E-state index in [1.807, 2.05) is 35.2 Å². The standard InChI is InChI=1S/C29H30N4O6/c34-28(26-9-7-23(39-26)19-38-21-4-2-1-3-5-21)32-13-11-31(12-14-32)18-27-30-24-8-6-20(29(35)36)16-25(24)33(27)17-22-10-15-37-22/h1-9,16,22H,10-15,17-19H2,(H,35,36)/t22-/m0/s1. The van der Waals surface area contributed by atoms with Gasteiger partial charge in [-0.3, -0.25) is 9.69 Å². The summed E-state index contributed by atoms with van der Waals surface area (Å²) < 4.78 is 19.2. The van der Waals surface area contributed by atoms with Crippen LogP contribution in [0.5, 0.6) is 5.75 Å². The van der Waals surface area contributed by atoms with Gasteiger partial charge < -0.3 is 28.5 Å². The number of para-hydroxylation sites is 1. The molecule has 2 fully saturated rings. The van der Waals surface area contributed by atoms with Crippen LogP contribution in [-0.2, 0) is 24.4 Å². The minimum absolute atomic E-state index is 0.111.